The minimum Gasteiger partial charge on any atom is -0.317 e. The topological polar surface area (TPSA) is 65.0 Å². The molecule has 0 saturated carbocycles. The summed E-state index contributed by atoms with van der Waals surface area (Å²) in [5, 5.41) is 6.05. The Morgan fingerprint density at radius 3 is 2.55 bits per heavy atom. The first-order valence-electron chi connectivity index (χ1n) is 11.3. The molecule has 1 aliphatic heterocycles. The number of hydrogen-bond acceptors (Lipinski definition) is 4. The zero-order chi connectivity index (χ0) is 22.2. The molecule has 1 saturated heterocycles. The SMILES string of the molecule is CCCC(C)N1CCC(N(Cc2ccccc2)C(=O)Nc2ccc(C)c(N=O)c2)CC1. The fourth-order valence-corrected chi connectivity index (χ4v) is 4.37. The van der Waals surface area contributed by atoms with Crippen LogP contribution < -0.4 is 5.32 Å². The Hall–Kier alpha value is -2.73. The molecule has 2 amide bonds. The second kappa shape index (κ2) is 11.0. The number of likely N-dealkylation sites (tertiary alicyclic amines) is 1. The van der Waals surface area contributed by atoms with Crippen LogP contribution >= 0.6 is 0 Å². The summed E-state index contributed by atoms with van der Waals surface area (Å²) in [6.07, 6.45) is 4.32. The van der Waals surface area contributed by atoms with Gasteiger partial charge in [0.1, 0.15) is 5.69 Å². The highest BCUT2D eigenvalue weighted by Gasteiger charge is 2.29. The highest BCUT2D eigenvalue weighted by Crippen LogP contribution is 2.25. The smallest absolute Gasteiger partial charge is 0.317 e. The van der Waals surface area contributed by atoms with Gasteiger partial charge in [0.15, 0.2) is 0 Å². The van der Waals surface area contributed by atoms with Crippen LogP contribution in [0.25, 0.3) is 0 Å². The number of piperidine rings is 1. The van der Waals surface area contributed by atoms with Crippen LogP contribution in [0.1, 0.15) is 50.7 Å². The number of carbonyl (C=O) groups excluding carboxylic acids is 1. The first-order chi connectivity index (χ1) is 15.0. The van der Waals surface area contributed by atoms with Crippen molar-refractivity contribution in [2.75, 3.05) is 18.4 Å². The van der Waals surface area contributed by atoms with Crippen molar-refractivity contribution in [2.24, 2.45) is 5.18 Å². The summed E-state index contributed by atoms with van der Waals surface area (Å²) in [6.45, 7) is 8.94. The van der Waals surface area contributed by atoms with Crippen molar-refractivity contribution in [1.82, 2.24) is 9.80 Å². The van der Waals surface area contributed by atoms with Crippen molar-refractivity contribution in [2.45, 2.75) is 65.1 Å². The van der Waals surface area contributed by atoms with Crippen LogP contribution in [0.4, 0.5) is 16.2 Å². The van der Waals surface area contributed by atoms with Gasteiger partial charge in [0, 0.05) is 37.4 Å². The summed E-state index contributed by atoms with van der Waals surface area (Å²) in [7, 11) is 0. The number of amides is 2. The number of urea groups is 1. The Morgan fingerprint density at radius 2 is 1.90 bits per heavy atom. The van der Waals surface area contributed by atoms with Gasteiger partial charge < -0.3 is 15.1 Å². The molecule has 0 spiro atoms. The number of nitrogens with zero attached hydrogens (tertiary/aromatic N) is 3. The monoisotopic (exact) mass is 422 g/mol. The van der Waals surface area contributed by atoms with Crippen molar-refractivity contribution < 1.29 is 4.79 Å². The first kappa shape index (κ1) is 22.9. The molecule has 1 heterocycles. The molecular weight excluding hydrogens is 388 g/mol. The summed E-state index contributed by atoms with van der Waals surface area (Å²) in [6, 6.07) is 16.0. The van der Waals surface area contributed by atoms with Crippen LogP contribution in [-0.4, -0.2) is 41.0 Å². The zero-order valence-corrected chi connectivity index (χ0v) is 18.9. The van der Waals surface area contributed by atoms with Gasteiger partial charge in [-0.1, -0.05) is 49.7 Å². The number of aryl methyl sites for hydroxylation is 1. The summed E-state index contributed by atoms with van der Waals surface area (Å²) in [5.74, 6) is 0. The van der Waals surface area contributed by atoms with Crippen LogP contribution in [0.3, 0.4) is 0 Å². The molecule has 0 bridgehead atoms. The molecule has 3 rings (SSSR count). The number of nitroso groups, excluding NO2 is 1. The van der Waals surface area contributed by atoms with Gasteiger partial charge in [0.2, 0.25) is 0 Å². The Balaban J connectivity index is 1.73. The molecule has 6 heteroatoms. The van der Waals surface area contributed by atoms with Crippen molar-refractivity contribution in [1.29, 1.82) is 0 Å². The highest BCUT2D eigenvalue weighted by molar-refractivity contribution is 5.90. The summed E-state index contributed by atoms with van der Waals surface area (Å²) in [4.78, 5) is 28.8. The van der Waals surface area contributed by atoms with E-state index in [0.29, 0.717) is 24.0 Å². The van der Waals surface area contributed by atoms with Gasteiger partial charge in [-0.25, -0.2) is 4.79 Å². The predicted molar refractivity (Wildman–Crippen MR) is 127 cm³/mol. The first-order valence-corrected chi connectivity index (χ1v) is 11.3. The summed E-state index contributed by atoms with van der Waals surface area (Å²) in [5.41, 5.74) is 2.85. The van der Waals surface area contributed by atoms with Crippen LogP contribution in [0.15, 0.2) is 53.7 Å². The lowest BCUT2D eigenvalue weighted by molar-refractivity contribution is 0.0989. The molecule has 0 radical (unpaired) electrons. The summed E-state index contributed by atoms with van der Waals surface area (Å²) >= 11 is 0. The largest absolute Gasteiger partial charge is 0.322 e. The summed E-state index contributed by atoms with van der Waals surface area (Å²) < 4.78 is 0. The van der Waals surface area contributed by atoms with Crippen LogP contribution in [-0.2, 0) is 6.54 Å². The number of anilines is 1. The number of nitrogens with one attached hydrogen (secondary N) is 1. The Labute approximate surface area is 185 Å². The third-order valence-electron chi connectivity index (χ3n) is 6.29. The maximum absolute atomic E-state index is 13.3. The van der Waals surface area contributed by atoms with Gasteiger partial charge in [0.05, 0.1) is 0 Å². The Bertz CT molecular complexity index is 863. The highest BCUT2D eigenvalue weighted by atomic mass is 16.3. The van der Waals surface area contributed by atoms with E-state index in [0.717, 1.165) is 37.1 Å². The minimum atomic E-state index is -0.135. The maximum atomic E-state index is 13.3. The minimum absolute atomic E-state index is 0.135. The van der Waals surface area contributed by atoms with E-state index in [2.05, 4.69) is 41.4 Å². The fourth-order valence-electron chi connectivity index (χ4n) is 4.37. The van der Waals surface area contributed by atoms with Crippen molar-refractivity contribution in [3.8, 4) is 0 Å². The molecule has 2 aromatic carbocycles. The van der Waals surface area contributed by atoms with E-state index in [-0.39, 0.29) is 12.1 Å². The average molecular weight is 423 g/mol. The Morgan fingerprint density at radius 1 is 1.19 bits per heavy atom. The number of benzene rings is 2. The van der Waals surface area contributed by atoms with E-state index in [1.54, 1.807) is 6.07 Å². The maximum Gasteiger partial charge on any atom is 0.322 e. The van der Waals surface area contributed by atoms with Gasteiger partial charge in [0.25, 0.3) is 0 Å². The lowest BCUT2D eigenvalue weighted by atomic mass is 10.00. The van der Waals surface area contributed by atoms with Gasteiger partial charge in [-0.2, -0.15) is 0 Å². The lowest BCUT2D eigenvalue weighted by Crippen LogP contribution is -2.50. The standard InChI is InChI=1S/C25H34N4O2/c1-4-8-20(3)28-15-13-23(14-16-28)29(18-21-9-6-5-7-10-21)25(30)26-22-12-11-19(2)24(17-22)27-31/h5-7,9-12,17,20,23H,4,8,13-16,18H2,1-3H3,(H,26,30). The second-order valence-electron chi connectivity index (χ2n) is 8.54. The van der Waals surface area contributed by atoms with E-state index in [9.17, 15) is 9.70 Å². The molecule has 166 valence electrons. The van der Waals surface area contributed by atoms with E-state index in [4.69, 9.17) is 0 Å². The normalized spacial score (nSPS) is 16.0. The van der Waals surface area contributed by atoms with Gasteiger partial charge in [-0.3, -0.25) is 0 Å². The number of rotatable bonds is 8. The molecule has 31 heavy (non-hydrogen) atoms. The molecule has 0 aliphatic carbocycles. The van der Waals surface area contributed by atoms with E-state index in [1.165, 1.54) is 12.8 Å². The molecule has 2 aromatic rings. The zero-order valence-electron chi connectivity index (χ0n) is 18.9. The molecule has 6 nitrogen and oxygen atoms in total. The van der Waals surface area contributed by atoms with Crippen LogP contribution in [0.5, 0.6) is 0 Å². The third-order valence-corrected chi connectivity index (χ3v) is 6.29. The molecule has 1 aliphatic rings. The van der Waals surface area contributed by atoms with E-state index < -0.39 is 0 Å². The second-order valence-corrected chi connectivity index (χ2v) is 8.54. The van der Waals surface area contributed by atoms with Gasteiger partial charge in [-0.15, -0.1) is 4.91 Å². The van der Waals surface area contributed by atoms with Crippen molar-refractivity contribution in [3.63, 3.8) is 0 Å². The van der Waals surface area contributed by atoms with Crippen molar-refractivity contribution >= 4 is 17.4 Å². The van der Waals surface area contributed by atoms with Crippen molar-refractivity contribution in [3.05, 3.63) is 64.6 Å². The molecule has 1 atom stereocenters. The van der Waals surface area contributed by atoms with E-state index in [1.807, 2.05) is 42.2 Å². The van der Waals surface area contributed by atoms with Crippen LogP contribution in [0, 0.1) is 11.8 Å². The van der Waals surface area contributed by atoms with E-state index >= 15 is 0 Å². The predicted octanol–water partition coefficient (Wildman–Crippen LogP) is 6.08. The Kier molecular flexibility index (Phi) is 8.18. The number of hydrogen-bond donors (Lipinski definition) is 1. The quantitative estimate of drug-likeness (QED) is 0.524. The van der Waals surface area contributed by atoms with Crippen LogP contribution in [0.2, 0.25) is 0 Å². The molecule has 1 fully saturated rings. The lowest BCUT2D eigenvalue weighted by Gasteiger charge is -2.40. The third kappa shape index (κ3) is 6.14. The molecule has 1 unspecified atom stereocenters. The van der Waals surface area contributed by atoms with Gasteiger partial charge >= 0.3 is 6.03 Å². The molecular formula is C25H34N4O2. The fraction of sp³-hybridized carbons (Fsp3) is 0.480. The average Bonchev–Trinajstić information content (AvgIpc) is 2.79. The molecule has 0 aromatic heterocycles. The molecule has 1 N–H and O–H groups in total. The van der Waals surface area contributed by atoms with Gasteiger partial charge in [-0.05, 0) is 61.5 Å². The number of carbonyl (C=O) groups is 1.